The Balaban J connectivity index is 1.46. The van der Waals surface area contributed by atoms with Crippen LogP contribution in [0.15, 0.2) is 39.7 Å². The summed E-state index contributed by atoms with van der Waals surface area (Å²) in [5.41, 5.74) is 7.19. The zero-order chi connectivity index (χ0) is 26.8. The number of hydrogen-bond acceptors (Lipinski definition) is 7. The maximum absolute atomic E-state index is 13.7. The molecule has 3 aromatic rings. The lowest BCUT2D eigenvalue weighted by Gasteiger charge is -2.33. The Kier molecular flexibility index (Phi) is 6.39. The van der Waals surface area contributed by atoms with Gasteiger partial charge in [0.1, 0.15) is 5.54 Å². The van der Waals surface area contributed by atoms with Crippen LogP contribution in [0.2, 0.25) is 5.02 Å². The second-order valence-electron chi connectivity index (χ2n) is 9.82. The fraction of sp³-hybridized carbons (Fsp3) is 0.440. The third-order valence-corrected chi connectivity index (χ3v) is 10.8. The van der Waals surface area contributed by atoms with Gasteiger partial charge in [0.2, 0.25) is 27.8 Å². The first kappa shape index (κ1) is 26.1. The molecule has 0 bridgehead atoms. The highest BCUT2D eigenvalue weighted by atomic mass is 35.5. The van der Waals surface area contributed by atoms with Crippen LogP contribution in [0.25, 0.3) is 22.1 Å². The number of aryl methyl sites for hydroxylation is 1. The topological polar surface area (TPSA) is 102 Å². The molecule has 5 rings (SSSR count). The predicted molar refractivity (Wildman–Crippen MR) is 142 cm³/mol. The highest BCUT2D eigenvalue weighted by Gasteiger charge is 2.43. The standard InChI is InChI=1S/C25H27ClF2N4O3S2/c1-4-18-20(15-7-5-14(6-8-15)16-9-10-25(27,28)12-16)35-22(30-18)19-11-17(26)21(36-19)24(2)13-37(33,34)32(3)23(29)31-24/h5-8,11,16H,4,9-10,12-13H2,1-3H3,(H2,29,31). The zero-order valence-electron chi connectivity index (χ0n) is 20.6. The number of benzene rings is 1. The van der Waals surface area contributed by atoms with Crippen molar-refractivity contribution in [1.82, 2.24) is 9.29 Å². The fourth-order valence-electron chi connectivity index (χ4n) is 4.97. The Morgan fingerprint density at radius 3 is 2.59 bits per heavy atom. The minimum atomic E-state index is -3.65. The van der Waals surface area contributed by atoms with Gasteiger partial charge in [-0.1, -0.05) is 42.8 Å². The first-order chi connectivity index (χ1) is 17.3. The molecule has 7 nitrogen and oxygen atoms in total. The Morgan fingerprint density at radius 2 is 2.00 bits per heavy atom. The summed E-state index contributed by atoms with van der Waals surface area (Å²) in [4.78, 5) is 10.3. The number of halogens is 3. The molecule has 1 saturated carbocycles. The van der Waals surface area contributed by atoms with Gasteiger partial charge in [-0.05, 0) is 37.3 Å². The van der Waals surface area contributed by atoms with E-state index < -0.39 is 21.5 Å². The number of aromatic nitrogens is 1. The van der Waals surface area contributed by atoms with Gasteiger partial charge < -0.3 is 10.2 Å². The van der Waals surface area contributed by atoms with Gasteiger partial charge >= 0.3 is 0 Å². The number of nitrogens with two attached hydrogens (primary N) is 1. The van der Waals surface area contributed by atoms with Gasteiger partial charge in [0.05, 0.1) is 26.2 Å². The van der Waals surface area contributed by atoms with E-state index in [1.807, 2.05) is 31.2 Å². The molecule has 2 unspecified atom stereocenters. The lowest BCUT2D eigenvalue weighted by atomic mass is 9.96. The SMILES string of the molecule is CCc1nc(-c2cc(Cl)c(C3(C)CS(=O)(=O)N(C)C(N)=N3)s2)oc1-c1ccc(C2CCC(F)(F)C2)cc1. The number of hydrogen-bond donors (Lipinski definition) is 1. The molecule has 0 saturated heterocycles. The monoisotopic (exact) mass is 568 g/mol. The van der Waals surface area contributed by atoms with Gasteiger partial charge in [0, 0.05) is 25.5 Å². The maximum atomic E-state index is 13.7. The van der Waals surface area contributed by atoms with E-state index in [9.17, 15) is 17.2 Å². The third kappa shape index (κ3) is 4.77. The van der Waals surface area contributed by atoms with E-state index in [2.05, 4.69) is 9.98 Å². The molecule has 1 aliphatic carbocycles. The van der Waals surface area contributed by atoms with Crippen LogP contribution in [-0.4, -0.2) is 42.4 Å². The van der Waals surface area contributed by atoms with Crippen LogP contribution in [0.5, 0.6) is 0 Å². The molecule has 0 radical (unpaired) electrons. The summed E-state index contributed by atoms with van der Waals surface area (Å²) >= 11 is 7.83. The highest BCUT2D eigenvalue weighted by Crippen LogP contribution is 2.46. The van der Waals surface area contributed by atoms with Gasteiger partial charge in [0.25, 0.3) is 0 Å². The quantitative estimate of drug-likeness (QED) is 0.407. The van der Waals surface area contributed by atoms with E-state index >= 15 is 0 Å². The number of aliphatic imine (C=N–C) groups is 1. The van der Waals surface area contributed by atoms with Crippen molar-refractivity contribution in [2.45, 2.75) is 56.9 Å². The predicted octanol–water partition coefficient (Wildman–Crippen LogP) is 5.99. The average Bonchev–Trinajstić information content (AvgIpc) is 3.53. The molecular formula is C25H27ClF2N4O3S2. The summed E-state index contributed by atoms with van der Waals surface area (Å²) in [5.74, 6) is -2.15. The first-order valence-corrected chi connectivity index (χ1v) is 14.7. The van der Waals surface area contributed by atoms with Crippen molar-refractivity contribution in [3.8, 4) is 22.1 Å². The van der Waals surface area contributed by atoms with Gasteiger partial charge in [0.15, 0.2) is 5.76 Å². The van der Waals surface area contributed by atoms with Crippen molar-refractivity contribution in [3.05, 3.63) is 51.5 Å². The summed E-state index contributed by atoms with van der Waals surface area (Å²) in [7, 11) is -2.29. The molecule has 1 aliphatic heterocycles. The Bertz CT molecular complexity index is 1480. The number of guanidine groups is 1. The van der Waals surface area contributed by atoms with Crippen LogP contribution in [-0.2, 0) is 22.0 Å². The van der Waals surface area contributed by atoms with Crippen molar-refractivity contribution < 1.29 is 21.6 Å². The van der Waals surface area contributed by atoms with E-state index in [1.54, 1.807) is 13.0 Å². The molecule has 2 atom stereocenters. The van der Waals surface area contributed by atoms with Crippen molar-refractivity contribution in [2.75, 3.05) is 12.8 Å². The van der Waals surface area contributed by atoms with E-state index in [-0.39, 0.29) is 30.5 Å². The van der Waals surface area contributed by atoms with Gasteiger partial charge in [-0.25, -0.2) is 31.5 Å². The number of oxazole rings is 1. The number of rotatable bonds is 5. The molecule has 0 amide bonds. The second-order valence-corrected chi connectivity index (χ2v) is 13.3. The number of alkyl halides is 2. The summed E-state index contributed by atoms with van der Waals surface area (Å²) in [6.45, 7) is 3.65. The lowest BCUT2D eigenvalue weighted by molar-refractivity contribution is 0.00776. The van der Waals surface area contributed by atoms with Crippen molar-refractivity contribution >= 4 is 38.9 Å². The molecular weight excluding hydrogens is 542 g/mol. The Hall–Kier alpha value is -2.50. The average molecular weight is 569 g/mol. The van der Waals surface area contributed by atoms with Crippen LogP contribution < -0.4 is 5.73 Å². The normalized spacial score (nSPS) is 24.9. The Morgan fingerprint density at radius 1 is 1.30 bits per heavy atom. The highest BCUT2D eigenvalue weighted by molar-refractivity contribution is 7.89. The Labute approximate surface area is 223 Å². The minimum Gasteiger partial charge on any atom is -0.435 e. The number of nitrogens with zero attached hydrogens (tertiary/aromatic N) is 3. The van der Waals surface area contributed by atoms with Crippen LogP contribution in [0.4, 0.5) is 8.78 Å². The van der Waals surface area contributed by atoms with Gasteiger partial charge in [-0.3, -0.25) is 0 Å². The number of thiophene rings is 1. The molecule has 3 heterocycles. The smallest absolute Gasteiger partial charge is 0.248 e. The molecule has 0 spiro atoms. The van der Waals surface area contributed by atoms with Crippen molar-refractivity contribution in [1.29, 1.82) is 0 Å². The van der Waals surface area contributed by atoms with Gasteiger partial charge in [-0.15, -0.1) is 11.3 Å². The molecule has 2 N–H and O–H groups in total. The molecule has 198 valence electrons. The summed E-state index contributed by atoms with van der Waals surface area (Å²) in [5, 5.41) is 0.356. The van der Waals surface area contributed by atoms with E-state index in [4.69, 9.17) is 21.8 Å². The second kappa shape index (κ2) is 9.06. The maximum Gasteiger partial charge on any atom is 0.248 e. The molecule has 2 aliphatic rings. The summed E-state index contributed by atoms with van der Waals surface area (Å²) in [6, 6.07) is 9.22. The molecule has 1 fully saturated rings. The molecule has 37 heavy (non-hydrogen) atoms. The van der Waals surface area contributed by atoms with E-state index in [0.717, 1.165) is 21.1 Å². The zero-order valence-corrected chi connectivity index (χ0v) is 23.0. The van der Waals surface area contributed by atoms with Crippen LogP contribution >= 0.6 is 22.9 Å². The summed E-state index contributed by atoms with van der Waals surface area (Å²) < 4.78 is 59.7. The molecule has 2 aromatic heterocycles. The van der Waals surface area contributed by atoms with Crippen molar-refractivity contribution in [2.24, 2.45) is 10.7 Å². The third-order valence-electron chi connectivity index (χ3n) is 7.03. The fourth-order valence-corrected chi connectivity index (χ4v) is 8.06. The minimum absolute atomic E-state index is 0.0736. The van der Waals surface area contributed by atoms with Gasteiger partial charge in [-0.2, -0.15) is 0 Å². The number of sulfonamides is 1. The van der Waals surface area contributed by atoms with Crippen LogP contribution in [0, 0.1) is 0 Å². The lowest BCUT2D eigenvalue weighted by Crippen LogP contribution is -2.50. The van der Waals surface area contributed by atoms with Crippen molar-refractivity contribution in [3.63, 3.8) is 0 Å². The largest absolute Gasteiger partial charge is 0.435 e. The summed E-state index contributed by atoms with van der Waals surface area (Å²) in [6.07, 6.45) is 0.902. The molecule has 1 aromatic carbocycles. The van der Waals surface area contributed by atoms with Crippen LogP contribution in [0.1, 0.15) is 55.2 Å². The first-order valence-electron chi connectivity index (χ1n) is 11.9. The van der Waals surface area contributed by atoms with E-state index in [1.165, 1.54) is 18.4 Å². The molecule has 12 heteroatoms. The van der Waals surface area contributed by atoms with Crippen LogP contribution in [0.3, 0.4) is 0 Å². The van der Waals surface area contributed by atoms with E-state index in [0.29, 0.717) is 39.3 Å².